The van der Waals surface area contributed by atoms with Gasteiger partial charge >= 0.3 is 5.69 Å². The van der Waals surface area contributed by atoms with E-state index in [1.165, 1.54) is 18.2 Å². The Kier molecular flexibility index (Phi) is 4.59. The molecule has 5 nitrogen and oxygen atoms in total. The fourth-order valence-corrected chi connectivity index (χ4v) is 2.19. The molecular weight excluding hydrogens is 348 g/mol. The minimum absolute atomic E-state index is 0.00645. The molecule has 0 aliphatic carbocycles. The molecule has 0 aromatic heterocycles. The van der Waals surface area contributed by atoms with Gasteiger partial charge in [-0.25, -0.2) is 0 Å². The third-order valence-corrected chi connectivity index (χ3v) is 3.39. The number of rotatable bonds is 4. The molecule has 0 aliphatic rings. The molecule has 2 aromatic carbocycles. The van der Waals surface area contributed by atoms with E-state index < -0.39 is 4.92 Å². The van der Waals surface area contributed by atoms with Gasteiger partial charge in [0.15, 0.2) is 0 Å². The van der Waals surface area contributed by atoms with Gasteiger partial charge in [-0.2, -0.15) is 0 Å². The summed E-state index contributed by atoms with van der Waals surface area (Å²) in [6.07, 6.45) is 0. The summed E-state index contributed by atoms with van der Waals surface area (Å²) in [5.41, 5.74) is 6.16. The Bertz CT molecular complexity index is 664. The Morgan fingerprint density at radius 2 is 2.10 bits per heavy atom. The fraction of sp³-hybridized carbons (Fsp3) is 0.0769. The maximum absolute atomic E-state index is 11.0. The predicted octanol–water partition coefficient (Wildman–Crippen LogP) is 4.26. The number of nitro groups is 1. The molecule has 0 heterocycles. The predicted molar refractivity (Wildman–Crippen MR) is 80.2 cm³/mol. The van der Waals surface area contributed by atoms with Crippen molar-refractivity contribution in [2.75, 3.05) is 0 Å². The molecular formula is C13H10BrClN2O3. The van der Waals surface area contributed by atoms with E-state index in [0.717, 1.165) is 10.0 Å². The molecule has 0 bridgehead atoms. The van der Waals surface area contributed by atoms with E-state index in [9.17, 15) is 10.1 Å². The van der Waals surface area contributed by atoms with Crippen LogP contribution in [0.1, 0.15) is 5.56 Å². The Hall–Kier alpha value is -1.63. The molecule has 0 atom stereocenters. The largest absolute Gasteiger partial charge is 0.448 e. The van der Waals surface area contributed by atoms with Crippen LogP contribution in [-0.2, 0) is 6.54 Å². The highest BCUT2D eigenvalue weighted by atomic mass is 79.9. The second-order valence-electron chi connectivity index (χ2n) is 3.90. The number of benzene rings is 2. The zero-order valence-electron chi connectivity index (χ0n) is 10.2. The maximum atomic E-state index is 11.0. The van der Waals surface area contributed by atoms with E-state index in [2.05, 4.69) is 15.9 Å². The molecule has 2 rings (SSSR count). The van der Waals surface area contributed by atoms with Gasteiger partial charge in [0.1, 0.15) is 5.75 Å². The molecule has 0 spiro atoms. The van der Waals surface area contributed by atoms with Crippen LogP contribution in [0, 0.1) is 10.1 Å². The Morgan fingerprint density at radius 3 is 2.75 bits per heavy atom. The highest BCUT2D eigenvalue weighted by Gasteiger charge is 2.20. The fourth-order valence-electron chi connectivity index (χ4n) is 1.64. The van der Waals surface area contributed by atoms with E-state index in [1.54, 1.807) is 12.1 Å². The highest BCUT2D eigenvalue weighted by molar-refractivity contribution is 9.10. The van der Waals surface area contributed by atoms with Crippen LogP contribution >= 0.6 is 27.5 Å². The standard InChI is InChI=1S/C13H10BrClN2O3/c14-9-5-4-8(7-16)12(6-9)20-13-10(15)2-1-3-11(13)17(18)19/h1-6H,7,16H2. The van der Waals surface area contributed by atoms with Crippen molar-refractivity contribution < 1.29 is 9.66 Å². The summed E-state index contributed by atoms with van der Waals surface area (Å²) in [6.45, 7) is 0.251. The number of nitrogens with two attached hydrogens (primary N) is 1. The molecule has 0 unspecified atom stereocenters. The summed E-state index contributed by atoms with van der Waals surface area (Å²) < 4.78 is 6.40. The summed E-state index contributed by atoms with van der Waals surface area (Å²) in [6, 6.07) is 9.65. The minimum atomic E-state index is -0.540. The number of para-hydroxylation sites is 1. The minimum Gasteiger partial charge on any atom is -0.448 e. The second kappa shape index (κ2) is 6.21. The number of ether oxygens (including phenoxy) is 1. The lowest BCUT2D eigenvalue weighted by atomic mass is 10.2. The molecule has 2 aromatic rings. The van der Waals surface area contributed by atoms with Crippen molar-refractivity contribution in [1.29, 1.82) is 0 Å². The number of hydrogen-bond acceptors (Lipinski definition) is 4. The van der Waals surface area contributed by atoms with Crippen LogP contribution in [0.3, 0.4) is 0 Å². The summed E-state index contributed by atoms with van der Waals surface area (Å²) in [5.74, 6) is 0.435. The first-order valence-corrected chi connectivity index (χ1v) is 6.79. The highest BCUT2D eigenvalue weighted by Crippen LogP contribution is 2.39. The van der Waals surface area contributed by atoms with Gasteiger partial charge in [0.2, 0.25) is 5.75 Å². The van der Waals surface area contributed by atoms with Crippen LogP contribution in [-0.4, -0.2) is 4.92 Å². The van der Waals surface area contributed by atoms with Crippen LogP contribution in [0.2, 0.25) is 5.02 Å². The summed E-state index contributed by atoms with van der Waals surface area (Å²) in [4.78, 5) is 10.5. The van der Waals surface area contributed by atoms with Gasteiger partial charge in [0.25, 0.3) is 0 Å². The molecule has 0 fully saturated rings. The average molecular weight is 358 g/mol. The number of nitrogens with zero attached hydrogens (tertiary/aromatic N) is 1. The van der Waals surface area contributed by atoms with Gasteiger partial charge < -0.3 is 10.5 Å². The number of hydrogen-bond donors (Lipinski definition) is 1. The smallest absolute Gasteiger partial charge is 0.313 e. The number of halogens is 2. The Balaban J connectivity index is 2.50. The quantitative estimate of drug-likeness (QED) is 0.655. The first-order chi connectivity index (χ1) is 9.52. The lowest BCUT2D eigenvalue weighted by Gasteiger charge is -2.11. The van der Waals surface area contributed by atoms with E-state index in [4.69, 9.17) is 22.1 Å². The summed E-state index contributed by atoms with van der Waals surface area (Å²) in [5, 5.41) is 11.2. The van der Waals surface area contributed by atoms with Crippen molar-refractivity contribution in [1.82, 2.24) is 0 Å². The van der Waals surface area contributed by atoms with Gasteiger partial charge in [-0.05, 0) is 18.2 Å². The van der Waals surface area contributed by atoms with Crippen LogP contribution in [0.5, 0.6) is 11.5 Å². The summed E-state index contributed by atoms with van der Waals surface area (Å²) in [7, 11) is 0. The van der Waals surface area contributed by atoms with Gasteiger partial charge in [-0.3, -0.25) is 10.1 Å². The van der Waals surface area contributed by atoms with Crippen molar-refractivity contribution >= 4 is 33.2 Å². The molecule has 0 saturated carbocycles. The van der Waals surface area contributed by atoms with Gasteiger partial charge in [0, 0.05) is 22.6 Å². The van der Waals surface area contributed by atoms with Crippen molar-refractivity contribution in [3.05, 3.63) is 61.6 Å². The lowest BCUT2D eigenvalue weighted by Crippen LogP contribution is -2.01. The van der Waals surface area contributed by atoms with Gasteiger partial charge in [0.05, 0.1) is 9.95 Å². The third-order valence-electron chi connectivity index (χ3n) is 2.60. The molecule has 2 N–H and O–H groups in total. The molecule has 104 valence electrons. The van der Waals surface area contributed by atoms with Crippen LogP contribution < -0.4 is 10.5 Å². The zero-order valence-corrected chi connectivity index (χ0v) is 12.5. The zero-order chi connectivity index (χ0) is 14.7. The van der Waals surface area contributed by atoms with Crippen LogP contribution in [0.15, 0.2) is 40.9 Å². The monoisotopic (exact) mass is 356 g/mol. The third kappa shape index (κ3) is 3.09. The van der Waals surface area contributed by atoms with E-state index in [1.807, 2.05) is 6.07 Å². The molecule has 0 aliphatic heterocycles. The first kappa shape index (κ1) is 14.8. The second-order valence-corrected chi connectivity index (χ2v) is 5.23. The molecule has 0 amide bonds. The van der Waals surface area contributed by atoms with Crippen molar-refractivity contribution in [2.45, 2.75) is 6.54 Å². The van der Waals surface area contributed by atoms with E-state index in [0.29, 0.717) is 5.75 Å². The van der Waals surface area contributed by atoms with Crippen LogP contribution in [0.25, 0.3) is 0 Å². The molecule has 0 radical (unpaired) electrons. The van der Waals surface area contributed by atoms with Crippen molar-refractivity contribution in [2.24, 2.45) is 5.73 Å². The van der Waals surface area contributed by atoms with Crippen LogP contribution in [0.4, 0.5) is 5.69 Å². The Morgan fingerprint density at radius 1 is 1.35 bits per heavy atom. The Labute approximate surface area is 128 Å². The van der Waals surface area contributed by atoms with Gasteiger partial charge in [-0.15, -0.1) is 0 Å². The first-order valence-electron chi connectivity index (χ1n) is 5.62. The average Bonchev–Trinajstić information content (AvgIpc) is 2.41. The molecule has 0 saturated heterocycles. The molecule has 20 heavy (non-hydrogen) atoms. The lowest BCUT2D eigenvalue weighted by molar-refractivity contribution is -0.385. The van der Waals surface area contributed by atoms with Gasteiger partial charge in [-0.1, -0.05) is 39.7 Å². The topological polar surface area (TPSA) is 78.4 Å². The number of nitro benzene ring substituents is 1. The SMILES string of the molecule is NCc1ccc(Br)cc1Oc1c(Cl)cccc1[N+](=O)[O-]. The van der Waals surface area contributed by atoms with E-state index >= 15 is 0 Å². The summed E-state index contributed by atoms with van der Waals surface area (Å²) >= 11 is 9.30. The van der Waals surface area contributed by atoms with Crippen molar-refractivity contribution in [3.8, 4) is 11.5 Å². The molecule has 7 heteroatoms. The normalized spacial score (nSPS) is 10.3. The maximum Gasteiger partial charge on any atom is 0.313 e. The van der Waals surface area contributed by atoms with Crippen molar-refractivity contribution in [3.63, 3.8) is 0 Å². The van der Waals surface area contributed by atoms with E-state index in [-0.39, 0.29) is 23.0 Å².